The van der Waals surface area contributed by atoms with E-state index in [-0.39, 0.29) is 5.91 Å². The van der Waals surface area contributed by atoms with E-state index in [1.807, 2.05) is 31.2 Å². The number of carbonyl (C=O) groups excluding carboxylic acids is 1. The second-order valence-electron chi connectivity index (χ2n) is 5.31. The molecular formula is C18H23N3O. The van der Waals surface area contributed by atoms with E-state index < -0.39 is 0 Å². The van der Waals surface area contributed by atoms with Crippen molar-refractivity contribution in [1.82, 2.24) is 4.98 Å². The molecule has 0 radical (unpaired) electrons. The molecule has 0 aliphatic heterocycles. The number of nitrogens with one attached hydrogen (secondary N) is 2. The van der Waals surface area contributed by atoms with Crippen LogP contribution in [0, 0.1) is 6.92 Å². The number of rotatable bonds is 6. The SMILES string of the molecule is CCCNc1cncc(C(=O)Nc2c(C)cccc2CC)c1. The molecule has 0 spiro atoms. The molecule has 1 amide bonds. The highest BCUT2D eigenvalue weighted by molar-refractivity contribution is 6.05. The maximum Gasteiger partial charge on any atom is 0.257 e. The van der Waals surface area contributed by atoms with Gasteiger partial charge in [0.05, 0.1) is 11.3 Å². The Labute approximate surface area is 132 Å². The van der Waals surface area contributed by atoms with Gasteiger partial charge in [-0.3, -0.25) is 9.78 Å². The number of hydrogen-bond acceptors (Lipinski definition) is 3. The Morgan fingerprint density at radius 2 is 2.05 bits per heavy atom. The van der Waals surface area contributed by atoms with Crippen LogP contribution in [0.25, 0.3) is 0 Å². The van der Waals surface area contributed by atoms with Gasteiger partial charge in [0.1, 0.15) is 0 Å². The first-order valence-corrected chi connectivity index (χ1v) is 7.74. The topological polar surface area (TPSA) is 54.0 Å². The summed E-state index contributed by atoms with van der Waals surface area (Å²) in [4.78, 5) is 16.6. The Hall–Kier alpha value is -2.36. The van der Waals surface area contributed by atoms with Gasteiger partial charge < -0.3 is 10.6 Å². The Morgan fingerprint density at radius 1 is 1.23 bits per heavy atom. The van der Waals surface area contributed by atoms with Crippen LogP contribution in [-0.2, 0) is 6.42 Å². The number of aryl methyl sites for hydroxylation is 2. The maximum atomic E-state index is 12.5. The first-order chi connectivity index (χ1) is 10.7. The van der Waals surface area contributed by atoms with Gasteiger partial charge in [0.2, 0.25) is 0 Å². The zero-order chi connectivity index (χ0) is 15.9. The minimum Gasteiger partial charge on any atom is -0.384 e. The minimum absolute atomic E-state index is 0.128. The molecule has 2 rings (SSSR count). The number of pyridine rings is 1. The Kier molecular flexibility index (Phi) is 5.53. The fourth-order valence-electron chi connectivity index (χ4n) is 2.32. The summed E-state index contributed by atoms with van der Waals surface area (Å²) in [6.07, 6.45) is 5.24. The highest BCUT2D eigenvalue weighted by Gasteiger charge is 2.11. The van der Waals surface area contributed by atoms with Crippen molar-refractivity contribution < 1.29 is 4.79 Å². The van der Waals surface area contributed by atoms with Gasteiger partial charge in [0.25, 0.3) is 5.91 Å². The molecule has 4 heteroatoms. The number of aromatic nitrogens is 1. The molecule has 2 aromatic rings. The Morgan fingerprint density at radius 3 is 2.77 bits per heavy atom. The first-order valence-electron chi connectivity index (χ1n) is 7.74. The van der Waals surface area contributed by atoms with Gasteiger partial charge in [-0.2, -0.15) is 0 Å². The number of anilines is 2. The molecule has 0 fully saturated rings. The molecule has 1 heterocycles. The molecule has 1 aromatic carbocycles. The van der Waals surface area contributed by atoms with Crippen molar-refractivity contribution in [2.75, 3.05) is 17.2 Å². The average molecular weight is 297 g/mol. The van der Waals surface area contributed by atoms with E-state index in [4.69, 9.17) is 0 Å². The molecule has 0 unspecified atom stereocenters. The van der Waals surface area contributed by atoms with E-state index in [1.165, 1.54) is 0 Å². The Balaban J connectivity index is 2.19. The van der Waals surface area contributed by atoms with E-state index >= 15 is 0 Å². The summed E-state index contributed by atoms with van der Waals surface area (Å²) in [7, 11) is 0. The highest BCUT2D eigenvalue weighted by atomic mass is 16.1. The molecule has 0 aliphatic carbocycles. The summed E-state index contributed by atoms with van der Waals surface area (Å²) in [6.45, 7) is 7.06. The third-order valence-electron chi connectivity index (χ3n) is 3.56. The summed E-state index contributed by atoms with van der Waals surface area (Å²) in [5.41, 5.74) is 4.55. The van der Waals surface area contributed by atoms with Gasteiger partial charge >= 0.3 is 0 Å². The molecule has 0 aliphatic rings. The molecule has 1 aromatic heterocycles. The minimum atomic E-state index is -0.128. The number of para-hydroxylation sites is 1. The summed E-state index contributed by atoms with van der Waals surface area (Å²) in [5.74, 6) is -0.128. The van der Waals surface area contributed by atoms with E-state index in [1.54, 1.807) is 12.4 Å². The van der Waals surface area contributed by atoms with Crippen molar-refractivity contribution in [2.45, 2.75) is 33.6 Å². The quantitative estimate of drug-likeness (QED) is 0.846. The van der Waals surface area contributed by atoms with Gasteiger partial charge in [-0.05, 0) is 37.0 Å². The monoisotopic (exact) mass is 297 g/mol. The van der Waals surface area contributed by atoms with Crippen molar-refractivity contribution in [3.63, 3.8) is 0 Å². The van der Waals surface area contributed by atoms with E-state index in [0.717, 1.165) is 41.9 Å². The molecular weight excluding hydrogens is 274 g/mol. The molecule has 116 valence electrons. The third-order valence-corrected chi connectivity index (χ3v) is 3.56. The van der Waals surface area contributed by atoms with E-state index in [2.05, 4.69) is 29.5 Å². The first kappa shape index (κ1) is 16.0. The number of amides is 1. The molecule has 2 N–H and O–H groups in total. The van der Waals surface area contributed by atoms with Crippen LogP contribution >= 0.6 is 0 Å². The van der Waals surface area contributed by atoms with Gasteiger partial charge in [0.15, 0.2) is 0 Å². The summed E-state index contributed by atoms with van der Waals surface area (Å²) in [6, 6.07) is 7.90. The average Bonchev–Trinajstić information content (AvgIpc) is 2.55. The number of benzene rings is 1. The van der Waals surface area contributed by atoms with Crippen LogP contribution in [0.15, 0.2) is 36.7 Å². The van der Waals surface area contributed by atoms with Crippen molar-refractivity contribution in [2.24, 2.45) is 0 Å². The lowest BCUT2D eigenvalue weighted by atomic mass is 10.1. The Bertz CT molecular complexity index is 653. The van der Waals surface area contributed by atoms with Crippen molar-refractivity contribution in [1.29, 1.82) is 0 Å². The molecule has 0 saturated heterocycles. The van der Waals surface area contributed by atoms with Gasteiger partial charge in [-0.15, -0.1) is 0 Å². The smallest absolute Gasteiger partial charge is 0.257 e. The van der Waals surface area contributed by atoms with Crippen molar-refractivity contribution in [3.8, 4) is 0 Å². The fraction of sp³-hybridized carbons (Fsp3) is 0.333. The van der Waals surface area contributed by atoms with E-state index in [0.29, 0.717) is 5.56 Å². The lowest BCUT2D eigenvalue weighted by molar-refractivity contribution is 0.102. The predicted molar refractivity (Wildman–Crippen MR) is 91.5 cm³/mol. The lowest BCUT2D eigenvalue weighted by Crippen LogP contribution is -2.15. The molecule has 0 bridgehead atoms. The second-order valence-corrected chi connectivity index (χ2v) is 5.31. The van der Waals surface area contributed by atoms with Crippen molar-refractivity contribution in [3.05, 3.63) is 53.3 Å². The molecule has 22 heavy (non-hydrogen) atoms. The third kappa shape index (κ3) is 3.85. The second kappa shape index (κ2) is 7.59. The van der Waals surface area contributed by atoms with Gasteiger partial charge in [-0.25, -0.2) is 0 Å². The molecule has 0 saturated carbocycles. The normalized spacial score (nSPS) is 10.3. The number of nitrogens with zero attached hydrogens (tertiary/aromatic N) is 1. The zero-order valence-electron chi connectivity index (χ0n) is 13.4. The number of carbonyl (C=O) groups is 1. The van der Waals surface area contributed by atoms with Crippen LogP contribution in [0.2, 0.25) is 0 Å². The summed E-state index contributed by atoms with van der Waals surface area (Å²) >= 11 is 0. The largest absolute Gasteiger partial charge is 0.384 e. The van der Waals surface area contributed by atoms with Crippen LogP contribution in [0.4, 0.5) is 11.4 Å². The van der Waals surface area contributed by atoms with Crippen LogP contribution < -0.4 is 10.6 Å². The van der Waals surface area contributed by atoms with Crippen LogP contribution in [0.1, 0.15) is 41.8 Å². The van der Waals surface area contributed by atoms with Gasteiger partial charge in [0, 0.05) is 24.6 Å². The van der Waals surface area contributed by atoms with Crippen LogP contribution in [-0.4, -0.2) is 17.4 Å². The molecule has 4 nitrogen and oxygen atoms in total. The van der Waals surface area contributed by atoms with Crippen molar-refractivity contribution >= 4 is 17.3 Å². The highest BCUT2D eigenvalue weighted by Crippen LogP contribution is 2.22. The summed E-state index contributed by atoms with van der Waals surface area (Å²) < 4.78 is 0. The van der Waals surface area contributed by atoms with Crippen LogP contribution in [0.5, 0.6) is 0 Å². The standard InChI is InChI=1S/C18H23N3O/c1-4-9-20-16-10-15(11-19-12-16)18(22)21-17-13(3)7-6-8-14(17)5-2/h6-8,10-12,20H,4-5,9H2,1-3H3,(H,21,22). The predicted octanol–water partition coefficient (Wildman–Crippen LogP) is 4.03. The molecule has 0 atom stereocenters. The van der Waals surface area contributed by atoms with Gasteiger partial charge in [-0.1, -0.05) is 32.0 Å². The fourth-order valence-corrected chi connectivity index (χ4v) is 2.32. The lowest BCUT2D eigenvalue weighted by Gasteiger charge is -2.13. The maximum absolute atomic E-state index is 12.5. The zero-order valence-corrected chi connectivity index (χ0v) is 13.4. The summed E-state index contributed by atoms with van der Waals surface area (Å²) in [5, 5.41) is 6.27. The van der Waals surface area contributed by atoms with Crippen LogP contribution in [0.3, 0.4) is 0 Å². The number of hydrogen-bond donors (Lipinski definition) is 2. The van der Waals surface area contributed by atoms with E-state index in [9.17, 15) is 4.79 Å².